The third-order valence-electron chi connectivity index (χ3n) is 5.24. The number of nitrogens with one attached hydrogen (secondary N) is 1. The molecule has 0 saturated carbocycles. The third-order valence-corrected chi connectivity index (χ3v) is 6.40. The highest BCUT2D eigenvalue weighted by atomic mass is 32.2. The van der Waals surface area contributed by atoms with Crippen LogP contribution in [0.1, 0.15) is 31.8 Å². The normalized spacial score (nSPS) is 15.0. The summed E-state index contributed by atoms with van der Waals surface area (Å²) >= 11 is 1.55. The molecule has 5 heteroatoms. The summed E-state index contributed by atoms with van der Waals surface area (Å²) in [7, 11) is 0. The van der Waals surface area contributed by atoms with Gasteiger partial charge in [-0.3, -0.25) is 9.59 Å². The summed E-state index contributed by atoms with van der Waals surface area (Å²) in [6.07, 6.45) is 0.870. The molecule has 0 unspecified atom stereocenters. The lowest BCUT2D eigenvalue weighted by atomic mass is 9.99. The molecule has 0 bridgehead atoms. The first-order valence-corrected chi connectivity index (χ1v) is 10.1. The molecule has 0 saturated heterocycles. The number of anilines is 1. The summed E-state index contributed by atoms with van der Waals surface area (Å²) < 4.78 is 0. The van der Waals surface area contributed by atoms with Crippen molar-refractivity contribution in [2.24, 2.45) is 0 Å². The van der Waals surface area contributed by atoms with Crippen LogP contribution < -0.4 is 5.32 Å². The van der Waals surface area contributed by atoms with E-state index in [1.54, 1.807) is 17.8 Å². The lowest BCUT2D eigenvalue weighted by Crippen LogP contribution is -2.35. The Hall–Kier alpha value is -3.05. The van der Waals surface area contributed by atoms with Gasteiger partial charge in [-0.15, -0.1) is 0 Å². The molecule has 28 heavy (non-hydrogen) atoms. The van der Waals surface area contributed by atoms with Gasteiger partial charge < -0.3 is 10.2 Å². The van der Waals surface area contributed by atoms with Crippen molar-refractivity contribution in [1.29, 1.82) is 0 Å². The van der Waals surface area contributed by atoms with Gasteiger partial charge in [0.1, 0.15) is 0 Å². The van der Waals surface area contributed by atoms with Gasteiger partial charge in [0.05, 0.1) is 11.3 Å². The van der Waals surface area contributed by atoms with Crippen LogP contribution in [-0.4, -0.2) is 23.3 Å². The first kappa shape index (κ1) is 17.1. The zero-order chi connectivity index (χ0) is 19.1. The van der Waals surface area contributed by atoms with E-state index >= 15 is 0 Å². The van der Waals surface area contributed by atoms with Crippen molar-refractivity contribution in [3.05, 3.63) is 89.0 Å². The van der Waals surface area contributed by atoms with Crippen molar-refractivity contribution in [3.63, 3.8) is 0 Å². The van der Waals surface area contributed by atoms with E-state index in [1.165, 1.54) is 11.1 Å². The summed E-state index contributed by atoms with van der Waals surface area (Å²) in [6, 6.07) is 21.4. The zero-order valence-electron chi connectivity index (χ0n) is 15.1. The molecular formula is C23H18N2O2S. The highest BCUT2D eigenvalue weighted by Crippen LogP contribution is 2.39. The van der Waals surface area contributed by atoms with Crippen molar-refractivity contribution < 1.29 is 9.59 Å². The molecule has 2 aliphatic rings. The van der Waals surface area contributed by atoms with E-state index < -0.39 is 0 Å². The number of carbonyl (C=O) groups excluding carboxylic acids is 2. The van der Waals surface area contributed by atoms with E-state index in [1.807, 2.05) is 53.4 Å². The van der Waals surface area contributed by atoms with Gasteiger partial charge in [-0.2, -0.15) is 0 Å². The summed E-state index contributed by atoms with van der Waals surface area (Å²) in [5.41, 5.74) is 4.47. The Morgan fingerprint density at radius 2 is 1.71 bits per heavy atom. The Bertz CT molecular complexity index is 1110. The maximum absolute atomic E-state index is 13.1. The van der Waals surface area contributed by atoms with Crippen LogP contribution in [0.3, 0.4) is 0 Å². The average Bonchev–Trinajstić information content (AvgIpc) is 2.88. The fraction of sp³-hybridized carbons (Fsp3) is 0.130. The van der Waals surface area contributed by atoms with Crippen LogP contribution >= 0.6 is 11.8 Å². The van der Waals surface area contributed by atoms with Crippen LogP contribution in [0.25, 0.3) is 0 Å². The first-order chi connectivity index (χ1) is 13.7. The van der Waals surface area contributed by atoms with Crippen LogP contribution in [0.2, 0.25) is 0 Å². The number of amides is 2. The van der Waals surface area contributed by atoms with E-state index in [-0.39, 0.29) is 11.8 Å². The molecule has 4 nitrogen and oxygen atoms in total. The van der Waals surface area contributed by atoms with E-state index in [0.717, 1.165) is 16.2 Å². The molecule has 3 aromatic carbocycles. The lowest BCUT2D eigenvalue weighted by Gasteiger charge is -2.29. The smallest absolute Gasteiger partial charge is 0.256 e. The van der Waals surface area contributed by atoms with E-state index in [4.69, 9.17) is 0 Å². The molecule has 3 aromatic rings. The molecule has 5 rings (SSSR count). The molecular weight excluding hydrogens is 368 g/mol. The fourth-order valence-corrected chi connectivity index (χ4v) is 4.76. The van der Waals surface area contributed by atoms with Crippen LogP contribution in [0, 0.1) is 0 Å². The van der Waals surface area contributed by atoms with Gasteiger partial charge in [0.25, 0.3) is 11.8 Å². The van der Waals surface area contributed by atoms with E-state index in [2.05, 4.69) is 17.4 Å². The van der Waals surface area contributed by atoms with Crippen LogP contribution in [0.5, 0.6) is 0 Å². The number of hydrogen-bond acceptors (Lipinski definition) is 3. The summed E-state index contributed by atoms with van der Waals surface area (Å²) in [5.74, 6) is -0.142. The standard InChI is InChI=1S/C23H18N2O2S/c26-22-18-7-3-4-8-20(18)28-21-10-9-16(13-19(21)24-22)23(27)25-12-11-15-5-1-2-6-17(15)14-25/h1-10,13H,11-12,14H2,(H,24,26). The Morgan fingerprint density at radius 1 is 0.929 bits per heavy atom. The first-order valence-electron chi connectivity index (χ1n) is 9.27. The largest absolute Gasteiger partial charge is 0.334 e. The molecule has 2 amide bonds. The molecule has 138 valence electrons. The Morgan fingerprint density at radius 3 is 2.61 bits per heavy atom. The molecule has 0 atom stereocenters. The van der Waals surface area contributed by atoms with Crippen LogP contribution in [-0.2, 0) is 13.0 Å². The molecule has 0 radical (unpaired) electrons. The minimum absolute atomic E-state index is 0.00156. The molecule has 0 aliphatic carbocycles. The zero-order valence-corrected chi connectivity index (χ0v) is 16.0. The van der Waals surface area contributed by atoms with Gasteiger partial charge in [-0.25, -0.2) is 0 Å². The third kappa shape index (κ3) is 2.98. The number of carbonyl (C=O) groups is 2. The second kappa shape index (κ2) is 6.84. The Labute approximate surface area is 167 Å². The Kier molecular flexibility index (Phi) is 4.17. The number of rotatable bonds is 1. The van der Waals surface area contributed by atoms with Gasteiger partial charge in [-0.05, 0) is 47.9 Å². The molecule has 1 N–H and O–H groups in total. The van der Waals surface area contributed by atoms with E-state index in [0.29, 0.717) is 29.9 Å². The number of fused-ring (bicyclic) bond motifs is 3. The van der Waals surface area contributed by atoms with Gasteiger partial charge in [0, 0.05) is 28.4 Å². The predicted molar refractivity (Wildman–Crippen MR) is 110 cm³/mol. The fourth-order valence-electron chi connectivity index (χ4n) is 3.75. The van der Waals surface area contributed by atoms with Crippen LogP contribution in [0.4, 0.5) is 5.69 Å². The van der Waals surface area contributed by atoms with Crippen LogP contribution in [0.15, 0.2) is 76.5 Å². The SMILES string of the molecule is O=C1Nc2cc(C(=O)N3CCc4ccccc4C3)ccc2Sc2ccccc21. The summed E-state index contributed by atoms with van der Waals surface area (Å²) in [6.45, 7) is 1.33. The van der Waals surface area contributed by atoms with Gasteiger partial charge >= 0.3 is 0 Å². The summed E-state index contributed by atoms with van der Waals surface area (Å²) in [5, 5.41) is 2.96. The quantitative estimate of drug-likeness (QED) is 0.665. The monoisotopic (exact) mass is 386 g/mol. The minimum Gasteiger partial charge on any atom is -0.334 e. The van der Waals surface area contributed by atoms with Gasteiger partial charge in [0.2, 0.25) is 0 Å². The molecule has 2 heterocycles. The topological polar surface area (TPSA) is 49.4 Å². The van der Waals surface area contributed by atoms with Crippen molar-refractivity contribution in [2.75, 3.05) is 11.9 Å². The Balaban J connectivity index is 1.43. The van der Waals surface area contributed by atoms with Gasteiger partial charge in [0.15, 0.2) is 0 Å². The maximum atomic E-state index is 13.1. The highest BCUT2D eigenvalue weighted by Gasteiger charge is 2.24. The number of nitrogens with zero attached hydrogens (tertiary/aromatic N) is 1. The molecule has 2 aliphatic heterocycles. The van der Waals surface area contributed by atoms with Crippen molar-refractivity contribution in [3.8, 4) is 0 Å². The average molecular weight is 386 g/mol. The molecule has 0 fully saturated rings. The molecule has 0 aromatic heterocycles. The highest BCUT2D eigenvalue weighted by molar-refractivity contribution is 7.99. The van der Waals surface area contributed by atoms with Crippen molar-refractivity contribution in [1.82, 2.24) is 4.90 Å². The lowest BCUT2D eigenvalue weighted by molar-refractivity contribution is 0.0734. The predicted octanol–water partition coefficient (Wildman–Crippen LogP) is 4.60. The molecule has 0 spiro atoms. The van der Waals surface area contributed by atoms with Gasteiger partial charge in [-0.1, -0.05) is 48.2 Å². The number of benzene rings is 3. The second-order valence-electron chi connectivity index (χ2n) is 7.01. The van der Waals surface area contributed by atoms with Crippen molar-refractivity contribution in [2.45, 2.75) is 22.8 Å². The summed E-state index contributed by atoms with van der Waals surface area (Å²) in [4.78, 5) is 29.4. The van der Waals surface area contributed by atoms with Crippen molar-refractivity contribution >= 4 is 29.3 Å². The number of hydrogen-bond donors (Lipinski definition) is 1. The maximum Gasteiger partial charge on any atom is 0.256 e. The minimum atomic E-state index is -0.140. The van der Waals surface area contributed by atoms with E-state index in [9.17, 15) is 9.59 Å². The second-order valence-corrected chi connectivity index (χ2v) is 8.09.